The third-order valence-corrected chi connectivity index (χ3v) is 4.38. The van der Waals surface area contributed by atoms with Crippen LogP contribution in [0.2, 0.25) is 0 Å². The number of ketones is 1. The first-order valence-electron chi connectivity index (χ1n) is 6.77. The number of carbonyl (C=O) groups excluding carboxylic acids is 1. The van der Waals surface area contributed by atoms with Crippen LogP contribution >= 0.6 is 15.9 Å². The lowest BCUT2D eigenvalue weighted by atomic mass is 9.90. The maximum atomic E-state index is 11.9. The van der Waals surface area contributed by atoms with E-state index in [9.17, 15) is 4.79 Å². The van der Waals surface area contributed by atoms with E-state index in [0.717, 1.165) is 39.8 Å². The minimum absolute atomic E-state index is 0.234. The quantitative estimate of drug-likeness (QED) is 0.825. The Kier molecular flexibility index (Phi) is 3.88. The number of Topliss-reactive ketones (excluding diaryl/α,β-unsaturated/α-hetero) is 1. The number of hydrogen-bond donors (Lipinski definition) is 0. The summed E-state index contributed by atoms with van der Waals surface area (Å²) in [5.41, 5.74) is 3.00. The van der Waals surface area contributed by atoms with Crippen LogP contribution in [0.3, 0.4) is 0 Å². The minimum atomic E-state index is 0.234. The van der Waals surface area contributed by atoms with E-state index in [2.05, 4.69) is 15.9 Å². The number of fused-ring (bicyclic) bond motifs is 1. The van der Waals surface area contributed by atoms with Crippen LogP contribution in [0, 0.1) is 0 Å². The predicted octanol–water partition coefficient (Wildman–Crippen LogP) is 4.55. The Morgan fingerprint density at radius 2 is 1.90 bits per heavy atom. The van der Waals surface area contributed by atoms with Gasteiger partial charge in [0.05, 0.1) is 0 Å². The van der Waals surface area contributed by atoms with Gasteiger partial charge in [0.15, 0.2) is 5.78 Å². The standard InChI is InChI=1S/C17H15BrO2/c18-15-8-2-1-5-12(15)11-20-17-10-4-6-13-14(17)7-3-9-16(13)19/h1-2,4-6,8,10H,3,7,9,11H2. The Hall–Kier alpha value is -1.61. The van der Waals surface area contributed by atoms with Crippen LogP contribution < -0.4 is 4.74 Å². The summed E-state index contributed by atoms with van der Waals surface area (Å²) in [7, 11) is 0. The molecule has 0 spiro atoms. The first-order valence-corrected chi connectivity index (χ1v) is 7.56. The summed E-state index contributed by atoms with van der Waals surface area (Å²) in [6, 6.07) is 13.8. The molecule has 0 bridgehead atoms. The zero-order valence-electron chi connectivity index (χ0n) is 11.1. The van der Waals surface area contributed by atoms with Crippen molar-refractivity contribution in [2.24, 2.45) is 0 Å². The third-order valence-electron chi connectivity index (χ3n) is 3.61. The Morgan fingerprint density at radius 1 is 1.05 bits per heavy atom. The second-order valence-corrected chi connectivity index (χ2v) is 5.79. The van der Waals surface area contributed by atoms with Gasteiger partial charge in [-0.1, -0.05) is 46.3 Å². The van der Waals surface area contributed by atoms with Crippen molar-refractivity contribution in [2.75, 3.05) is 0 Å². The van der Waals surface area contributed by atoms with Crippen LogP contribution in [0.15, 0.2) is 46.9 Å². The lowest BCUT2D eigenvalue weighted by Gasteiger charge is -2.18. The largest absolute Gasteiger partial charge is 0.489 e. The van der Waals surface area contributed by atoms with Gasteiger partial charge < -0.3 is 4.74 Å². The fourth-order valence-electron chi connectivity index (χ4n) is 2.55. The first kappa shape index (κ1) is 13.4. The molecule has 0 aromatic heterocycles. The molecule has 1 aliphatic rings. The normalized spacial score (nSPS) is 13.9. The summed E-state index contributed by atoms with van der Waals surface area (Å²) in [6.45, 7) is 0.506. The molecule has 0 fully saturated rings. The molecule has 102 valence electrons. The second kappa shape index (κ2) is 5.80. The van der Waals surface area contributed by atoms with Crippen LogP contribution in [0.1, 0.15) is 34.3 Å². The van der Waals surface area contributed by atoms with Gasteiger partial charge in [-0.15, -0.1) is 0 Å². The van der Waals surface area contributed by atoms with Gasteiger partial charge in [0.25, 0.3) is 0 Å². The molecule has 3 heteroatoms. The summed E-state index contributed by atoms with van der Waals surface area (Å²) in [5, 5.41) is 0. The van der Waals surface area contributed by atoms with E-state index in [0.29, 0.717) is 13.0 Å². The summed E-state index contributed by atoms with van der Waals surface area (Å²) in [5.74, 6) is 1.07. The fraction of sp³-hybridized carbons (Fsp3) is 0.235. The van der Waals surface area contributed by atoms with Gasteiger partial charge in [0.2, 0.25) is 0 Å². The topological polar surface area (TPSA) is 26.3 Å². The van der Waals surface area contributed by atoms with Crippen molar-refractivity contribution in [3.8, 4) is 5.75 Å². The van der Waals surface area contributed by atoms with Crippen LogP contribution in [0.25, 0.3) is 0 Å². The molecule has 0 radical (unpaired) electrons. The smallest absolute Gasteiger partial charge is 0.163 e. The maximum Gasteiger partial charge on any atom is 0.163 e. The number of hydrogen-bond acceptors (Lipinski definition) is 2. The van der Waals surface area contributed by atoms with E-state index in [1.54, 1.807) is 0 Å². The van der Waals surface area contributed by atoms with Crippen LogP contribution in [0.4, 0.5) is 0 Å². The minimum Gasteiger partial charge on any atom is -0.489 e. The van der Waals surface area contributed by atoms with Crippen molar-refractivity contribution < 1.29 is 9.53 Å². The maximum absolute atomic E-state index is 11.9. The van der Waals surface area contributed by atoms with Gasteiger partial charge in [0.1, 0.15) is 12.4 Å². The monoisotopic (exact) mass is 330 g/mol. The van der Waals surface area contributed by atoms with Crippen molar-refractivity contribution in [1.29, 1.82) is 0 Å². The SMILES string of the molecule is O=C1CCCc2c(OCc3ccccc3Br)cccc21. The third kappa shape index (κ3) is 2.63. The Morgan fingerprint density at radius 3 is 2.75 bits per heavy atom. The average molecular weight is 331 g/mol. The highest BCUT2D eigenvalue weighted by atomic mass is 79.9. The molecule has 0 N–H and O–H groups in total. The van der Waals surface area contributed by atoms with Gasteiger partial charge in [-0.25, -0.2) is 0 Å². The number of halogens is 1. The van der Waals surface area contributed by atoms with Gasteiger partial charge in [-0.2, -0.15) is 0 Å². The summed E-state index contributed by atoms with van der Waals surface area (Å²) < 4.78 is 6.98. The van der Waals surface area contributed by atoms with Crippen LogP contribution in [0.5, 0.6) is 5.75 Å². The molecular formula is C17H15BrO2. The van der Waals surface area contributed by atoms with E-state index in [4.69, 9.17) is 4.74 Å². The molecule has 0 unspecified atom stereocenters. The zero-order chi connectivity index (χ0) is 13.9. The van der Waals surface area contributed by atoms with Crippen LogP contribution in [-0.4, -0.2) is 5.78 Å². The molecule has 0 saturated carbocycles. The van der Waals surface area contributed by atoms with Crippen molar-refractivity contribution in [1.82, 2.24) is 0 Å². The number of ether oxygens (including phenoxy) is 1. The molecule has 2 aromatic carbocycles. The molecule has 1 aliphatic carbocycles. The number of rotatable bonds is 3. The lowest BCUT2D eigenvalue weighted by Crippen LogP contribution is -2.12. The van der Waals surface area contributed by atoms with E-state index in [-0.39, 0.29) is 5.78 Å². The molecule has 20 heavy (non-hydrogen) atoms. The first-order chi connectivity index (χ1) is 9.75. The molecule has 2 aromatic rings. The number of benzene rings is 2. The van der Waals surface area contributed by atoms with E-state index in [1.807, 2.05) is 42.5 Å². The van der Waals surface area contributed by atoms with Crippen LogP contribution in [-0.2, 0) is 13.0 Å². The van der Waals surface area contributed by atoms with Crippen molar-refractivity contribution in [3.05, 3.63) is 63.6 Å². The van der Waals surface area contributed by atoms with Crippen molar-refractivity contribution >= 4 is 21.7 Å². The molecule has 0 amide bonds. The average Bonchev–Trinajstić information content (AvgIpc) is 2.47. The van der Waals surface area contributed by atoms with Gasteiger partial charge in [0, 0.05) is 27.6 Å². The summed E-state index contributed by atoms with van der Waals surface area (Å²) in [6.07, 6.45) is 2.50. The molecule has 0 heterocycles. The zero-order valence-corrected chi connectivity index (χ0v) is 12.7. The van der Waals surface area contributed by atoms with E-state index < -0.39 is 0 Å². The Balaban J connectivity index is 1.84. The summed E-state index contributed by atoms with van der Waals surface area (Å²) in [4.78, 5) is 11.9. The summed E-state index contributed by atoms with van der Waals surface area (Å²) >= 11 is 3.52. The van der Waals surface area contributed by atoms with E-state index >= 15 is 0 Å². The predicted molar refractivity (Wildman–Crippen MR) is 82.2 cm³/mol. The lowest BCUT2D eigenvalue weighted by molar-refractivity contribution is 0.0971. The van der Waals surface area contributed by atoms with Crippen molar-refractivity contribution in [3.63, 3.8) is 0 Å². The fourth-order valence-corrected chi connectivity index (χ4v) is 2.95. The second-order valence-electron chi connectivity index (χ2n) is 4.94. The molecule has 0 atom stereocenters. The highest BCUT2D eigenvalue weighted by Gasteiger charge is 2.20. The molecule has 0 aliphatic heterocycles. The number of carbonyl (C=O) groups is 1. The molecular weight excluding hydrogens is 316 g/mol. The van der Waals surface area contributed by atoms with Gasteiger partial charge in [-0.05, 0) is 25.0 Å². The van der Waals surface area contributed by atoms with Gasteiger partial charge in [-0.3, -0.25) is 4.79 Å². The molecule has 2 nitrogen and oxygen atoms in total. The van der Waals surface area contributed by atoms with Gasteiger partial charge >= 0.3 is 0 Å². The van der Waals surface area contributed by atoms with E-state index in [1.165, 1.54) is 0 Å². The molecule has 3 rings (SSSR count). The van der Waals surface area contributed by atoms with Crippen molar-refractivity contribution in [2.45, 2.75) is 25.9 Å². The highest BCUT2D eigenvalue weighted by Crippen LogP contribution is 2.30. The Bertz CT molecular complexity index is 649. The highest BCUT2D eigenvalue weighted by molar-refractivity contribution is 9.10. The molecule has 0 saturated heterocycles. The Labute approximate surface area is 126 Å².